The number of furan rings is 1. The van der Waals surface area contributed by atoms with E-state index in [2.05, 4.69) is 33.6 Å². The van der Waals surface area contributed by atoms with Gasteiger partial charge in [0.25, 0.3) is 5.91 Å². The molecule has 1 fully saturated rings. The Labute approximate surface area is 194 Å². The van der Waals surface area contributed by atoms with Crippen molar-refractivity contribution in [2.45, 2.75) is 51.5 Å². The maximum absolute atomic E-state index is 12.8. The first-order chi connectivity index (χ1) is 15.2. The summed E-state index contributed by atoms with van der Waals surface area (Å²) < 4.78 is 11.4. The first-order valence-corrected chi connectivity index (χ1v) is 11.3. The number of fused-ring (bicyclic) bond motifs is 1. The van der Waals surface area contributed by atoms with E-state index in [1.54, 1.807) is 6.07 Å². The minimum atomic E-state index is -0.222. The second-order valence-electron chi connectivity index (χ2n) is 8.68. The summed E-state index contributed by atoms with van der Waals surface area (Å²) >= 11 is 0. The first kappa shape index (κ1) is 22.6. The third kappa shape index (κ3) is 4.76. The third-order valence-electron chi connectivity index (χ3n) is 6.50. The molecule has 2 aromatic heterocycles. The number of likely N-dealkylation sites (tertiary alicyclic amines) is 1. The van der Waals surface area contributed by atoms with E-state index in [-0.39, 0.29) is 24.4 Å². The van der Waals surface area contributed by atoms with Gasteiger partial charge in [0.2, 0.25) is 0 Å². The Morgan fingerprint density at radius 3 is 2.59 bits per heavy atom. The number of aryl methyl sites for hydroxylation is 3. The number of halogens is 1. The quantitative estimate of drug-likeness (QED) is 0.559. The number of amides is 1. The van der Waals surface area contributed by atoms with E-state index < -0.39 is 0 Å². The Balaban J connectivity index is 0.00000245. The lowest BCUT2D eigenvalue weighted by atomic mass is 9.90. The van der Waals surface area contributed by atoms with Crippen LogP contribution in [0.1, 0.15) is 64.9 Å². The van der Waals surface area contributed by atoms with Gasteiger partial charge in [-0.1, -0.05) is 17.3 Å². The van der Waals surface area contributed by atoms with Gasteiger partial charge in [-0.25, -0.2) is 0 Å². The average Bonchev–Trinajstić information content (AvgIpc) is 3.56. The molecular weight excluding hydrogens is 426 g/mol. The van der Waals surface area contributed by atoms with E-state index in [0.717, 1.165) is 43.0 Å². The van der Waals surface area contributed by atoms with Crippen LogP contribution in [0, 0.1) is 6.92 Å². The molecule has 0 spiro atoms. The second kappa shape index (κ2) is 9.92. The average molecular weight is 456 g/mol. The lowest BCUT2D eigenvalue weighted by molar-refractivity contribution is 0.0924. The molecule has 0 radical (unpaired) electrons. The van der Waals surface area contributed by atoms with Crippen molar-refractivity contribution >= 4 is 18.3 Å². The zero-order valence-corrected chi connectivity index (χ0v) is 19.2. The van der Waals surface area contributed by atoms with Gasteiger partial charge in [-0.2, -0.15) is 0 Å². The minimum Gasteiger partial charge on any atom is -0.465 e. The topological polar surface area (TPSA) is 71.5 Å². The van der Waals surface area contributed by atoms with Crippen molar-refractivity contribution in [3.05, 3.63) is 64.7 Å². The number of nitrogens with zero attached hydrogens (tertiary/aromatic N) is 2. The predicted octanol–water partition coefficient (Wildman–Crippen LogP) is 5.11. The zero-order chi connectivity index (χ0) is 21.2. The summed E-state index contributed by atoms with van der Waals surface area (Å²) in [6.45, 7) is 4.47. The molecule has 3 heterocycles. The molecule has 1 N–H and O–H groups in total. The maximum atomic E-state index is 12.8. The Bertz CT molecular complexity index is 1070. The smallest absolute Gasteiger partial charge is 0.273 e. The van der Waals surface area contributed by atoms with Crippen LogP contribution in [0.4, 0.5) is 0 Å². The standard InChI is InChI=1S/C25H29N3O3.ClH/c1-17-8-11-23(30-17)22(28-12-4-5-13-28)16-26-25(29)21-15-24(31-27-21)20-10-9-18-6-2-3-7-19(18)14-20;/h8-11,14-15,22H,2-7,12-13,16H2,1H3,(H,26,29);1H. The van der Waals surface area contributed by atoms with Crippen molar-refractivity contribution in [3.8, 4) is 11.3 Å². The highest BCUT2D eigenvalue weighted by Crippen LogP contribution is 2.29. The van der Waals surface area contributed by atoms with Crippen molar-refractivity contribution < 1.29 is 13.7 Å². The maximum Gasteiger partial charge on any atom is 0.273 e. The van der Waals surface area contributed by atoms with Crippen LogP contribution in [0.2, 0.25) is 0 Å². The van der Waals surface area contributed by atoms with E-state index >= 15 is 0 Å². The van der Waals surface area contributed by atoms with E-state index in [4.69, 9.17) is 8.94 Å². The molecule has 6 nitrogen and oxygen atoms in total. The Morgan fingerprint density at radius 2 is 1.84 bits per heavy atom. The molecule has 32 heavy (non-hydrogen) atoms. The third-order valence-corrected chi connectivity index (χ3v) is 6.50. The Kier molecular flexibility index (Phi) is 7.01. The highest BCUT2D eigenvalue weighted by molar-refractivity contribution is 5.93. The molecule has 170 valence electrons. The van der Waals surface area contributed by atoms with Gasteiger partial charge in [0, 0.05) is 18.2 Å². The number of nitrogens with one attached hydrogen (secondary N) is 1. The van der Waals surface area contributed by atoms with Crippen molar-refractivity contribution in [1.82, 2.24) is 15.4 Å². The molecular formula is C25H30ClN3O3. The molecule has 7 heteroatoms. The van der Waals surface area contributed by atoms with E-state index in [1.165, 1.54) is 36.8 Å². The van der Waals surface area contributed by atoms with E-state index in [1.807, 2.05) is 19.1 Å². The summed E-state index contributed by atoms with van der Waals surface area (Å²) in [5, 5.41) is 7.07. The normalized spacial score (nSPS) is 16.9. The number of hydrogen-bond donors (Lipinski definition) is 1. The molecule has 2 aliphatic rings. The molecule has 0 saturated carbocycles. The summed E-state index contributed by atoms with van der Waals surface area (Å²) in [6, 6.07) is 12.2. The summed E-state index contributed by atoms with van der Waals surface area (Å²) in [5.74, 6) is 2.20. The minimum absolute atomic E-state index is 0. The summed E-state index contributed by atoms with van der Waals surface area (Å²) in [7, 11) is 0. The van der Waals surface area contributed by atoms with Gasteiger partial charge in [0.1, 0.15) is 11.5 Å². The van der Waals surface area contributed by atoms with E-state index in [0.29, 0.717) is 18.0 Å². The monoisotopic (exact) mass is 455 g/mol. The Morgan fingerprint density at radius 1 is 1.06 bits per heavy atom. The number of hydrogen-bond acceptors (Lipinski definition) is 5. The first-order valence-electron chi connectivity index (χ1n) is 11.3. The number of benzene rings is 1. The van der Waals surface area contributed by atoms with E-state index in [9.17, 15) is 4.79 Å². The van der Waals surface area contributed by atoms with Gasteiger partial charge in [-0.15, -0.1) is 12.4 Å². The molecule has 1 aromatic carbocycles. The number of carbonyl (C=O) groups is 1. The predicted molar refractivity (Wildman–Crippen MR) is 125 cm³/mol. The molecule has 5 rings (SSSR count). The van der Waals surface area contributed by atoms with Crippen LogP contribution in [-0.2, 0) is 12.8 Å². The van der Waals surface area contributed by atoms with Crippen LogP contribution in [0.3, 0.4) is 0 Å². The van der Waals surface area contributed by atoms with Crippen molar-refractivity contribution in [1.29, 1.82) is 0 Å². The number of rotatable bonds is 6. The van der Waals surface area contributed by atoms with Crippen LogP contribution in [0.5, 0.6) is 0 Å². The van der Waals surface area contributed by atoms with Gasteiger partial charge in [0.15, 0.2) is 11.5 Å². The fourth-order valence-electron chi connectivity index (χ4n) is 4.78. The molecule has 0 bridgehead atoms. The molecule has 1 amide bonds. The van der Waals surface area contributed by atoms with Crippen LogP contribution in [0.15, 0.2) is 45.3 Å². The van der Waals surface area contributed by atoms with Gasteiger partial charge >= 0.3 is 0 Å². The van der Waals surface area contributed by atoms with Crippen LogP contribution >= 0.6 is 12.4 Å². The second-order valence-corrected chi connectivity index (χ2v) is 8.68. The Hall–Kier alpha value is -2.57. The summed E-state index contributed by atoms with van der Waals surface area (Å²) in [6.07, 6.45) is 7.10. The molecule has 1 atom stereocenters. The SMILES string of the molecule is Cc1ccc(C(CNC(=O)c2cc(-c3ccc4c(c3)CCCC4)on2)N2CCCC2)o1.Cl. The molecule has 3 aromatic rings. The highest BCUT2D eigenvalue weighted by atomic mass is 35.5. The lowest BCUT2D eigenvalue weighted by Gasteiger charge is -2.25. The molecule has 1 saturated heterocycles. The van der Waals surface area contributed by atoms with Crippen molar-refractivity contribution in [2.75, 3.05) is 19.6 Å². The highest BCUT2D eigenvalue weighted by Gasteiger charge is 2.27. The van der Waals surface area contributed by atoms with Gasteiger partial charge in [-0.05, 0) is 87.9 Å². The number of carbonyl (C=O) groups excluding carboxylic acids is 1. The van der Waals surface area contributed by atoms with Gasteiger partial charge in [0.05, 0.1) is 6.04 Å². The fraction of sp³-hybridized carbons (Fsp3) is 0.440. The zero-order valence-electron chi connectivity index (χ0n) is 18.4. The fourth-order valence-corrected chi connectivity index (χ4v) is 4.78. The number of aromatic nitrogens is 1. The summed E-state index contributed by atoms with van der Waals surface area (Å²) in [5.41, 5.74) is 4.10. The van der Waals surface area contributed by atoms with Crippen LogP contribution in [0.25, 0.3) is 11.3 Å². The largest absolute Gasteiger partial charge is 0.465 e. The lowest BCUT2D eigenvalue weighted by Crippen LogP contribution is -2.36. The molecule has 1 aliphatic carbocycles. The molecule has 1 aliphatic heterocycles. The van der Waals surface area contributed by atoms with Gasteiger partial charge in [-0.3, -0.25) is 9.69 Å². The van der Waals surface area contributed by atoms with Crippen molar-refractivity contribution in [3.63, 3.8) is 0 Å². The van der Waals surface area contributed by atoms with Gasteiger partial charge < -0.3 is 14.3 Å². The van der Waals surface area contributed by atoms with Crippen LogP contribution in [-0.4, -0.2) is 35.6 Å². The molecule has 1 unspecified atom stereocenters. The van der Waals surface area contributed by atoms with Crippen LogP contribution < -0.4 is 5.32 Å². The van der Waals surface area contributed by atoms with Crippen molar-refractivity contribution in [2.24, 2.45) is 0 Å². The summed E-state index contributed by atoms with van der Waals surface area (Å²) in [4.78, 5) is 15.2.